The molecule has 0 saturated carbocycles. The van der Waals surface area contributed by atoms with Crippen LogP contribution < -0.4 is 5.32 Å². The second kappa shape index (κ2) is 6.23. The van der Waals surface area contributed by atoms with Crippen LogP contribution in [0.15, 0.2) is 48.5 Å². The molecule has 0 aliphatic carbocycles. The van der Waals surface area contributed by atoms with Gasteiger partial charge in [0.1, 0.15) is 12.1 Å². The van der Waals surface area contributed by atoms with Crippen molar-refractivity contribution < 1.29 is 10.4 Å². The highest BCUT2D eigenvalue weighted by Gasteiger charge is 2.38. The number of benzene rings is 2. The van der Waals surface area contributed by atoms with Crippen molar-refractivity contribution in [2.45, 2.75) is 45.4 Å². The number of piperidine rings is 1. The van der Waals surface area contributed by atoms with Crippen molar-refractivity contribution in [3.05, 3.63) is 70.8 Å². The monoisotopic (exact) mass is 296 g/mol. The molecule has 22 heavy (non-hydrogen) atoms. The first kappa shape index (κ1) is 15.3. The molecule has 1 saturated heterocycles. The van der Waals surface area contributed by atoms with Gasteiger partial charge >= 0.3 is 0 Å². The van der Waals surface area contributed by atoms with Gasteiger partial charge in [-0.05, 0) is 13.8 Å². The van der Waals surface area contributed by atoms with Crippen LogP contribution in [0, 0.1) is 19.8 Å². The van der Waals surface area contributed by atoms with E-state index >= 15 is 0 Å². The average molecular weight is 296 g/mol. The maximum atomic E-state index is 10.5. The fourth-order valence-electron chi connectivity index (χ4n) is 3.48. The Morgan fingerprint density at radius 2 is 1.36 bits per heavy atom. The summed E-state index contributed by atoms with van der Waals surface area (Å²) in [5, 5.41) is 13.0. The molecule has 0 amide bonds. The van der Waals surface area contributed by atoms with E-state index in [-0.39, 0.29) is 12.0 Å². The van der Waals surface area contributed by atoms with Crippen LogP contribution in [0.1, 0.15) is 47.7 Å². The molecule has 0 aromatic heterocycles. The van der Waals surface area contributed by atoms with Gasteiger partial charge in [0.25, 0.3) is 0 Å². The van der Waals surface area contributed by atoms with Crippen molar-refractivity contribution in [1.82, 2.24) is 0 Å². The zero-order valence-corrected chi connectivity index (χ0v) is 13.7. The number of rotatable bonds is 2. The van der Waals surface area contributed by atoms with Gasteiger partial charge < -0.3 is 10.4 Å². The van der Waals surface area contributed by atoms with Gasteiger partial charge in [0.05, 0.1) is 6.10 Å². The highest BCUT2D eigenvalue weighted by molar-refractivity contribution is 5.26. The van der Waals surface area contributed by atoms with E-state index in [0.29, 0.717) is 12.1 Å². The Labute approximate surface area is 133 Å². The normalized spacial score (nSPS) is 28.5. The summed E-state index contributed by atoms with van der Waals surface area (Å²) in [4.78, 5) is 0. The van der Waals surface area contributed by atoms with E-state index in [1.165, 1.54) is 22.3 Å². The smallest absolute Gasteiger partial charge is 0.117 e. The molecule has 116 valence electrons. The lowest BCUT2D eigenvalue weighted by Gasteiger charge is -2.36. The summed E-state index contributed by atoms with van der Waals surface area (Å²) < 4.78 is 0. The fourth-order valence-corrected chi connectivity index (χ4v) is 3.48. The molecule has 2 heteroatoms. The first-order valence-corrected chi connectivity index (χ1v) is 8.21. The van der Waals surface area contributed by atoms with E-state index in [1.54, 1.807) is 0 Å². The molecule has 0 radical (unpaired) electrons. The average Bonchev–Trinajstić information content (AvgIpc) is 2.52. The number of hydrogen-bond acceptors (Lipinski definition) is 1. The van der Waals surface area contributed by atoms with Crippen LogP contribution >= 0.6 is 0 Å². The lowest BCUT2D eigenvalue weighted by molar-refractivity contribution is -0.752. The standard InChI is InChI=1S/C20H25NO/c1-13-4-8-16(9-5-13)18-12-19(22)15(3)20(21-18)17-10-6-14(2)7-11-17/h4-11,15,18-22H,12H2,1-3H3/p+1/t15-,18+,19+,20+/m0/s1. The quantitative estimate of drug-likeness (QED) is 0.878. The predicted octanol–water partition coefficient (Wildman–Crippen LogP) is 3.05. The van der Waals surface area contributed by atoms with Crippen LogP contribution in [0.25, 0.3) is 0 Å². The Bertz CT molecular complexity index is 617. The molecular formula is C20H26NO+. The first-order valence-electron chi connectivity index (χ1n) is 8.21. The predicted molar refractivity (Wildman–Crippen MR) is 89.6 cm³/mol. The Hall–Kier alpha value is -1.64. The van der Waals surface area contributed by atoms with Crippen molar-refractivity contribution in [3.8, 4) is 0 Å². The lowest BCUT2D eigenvalue weighted by Crippen LogP contribution is -2.90. The van der Waals surface area contributed by atoms with Crippen LogP contribution in [0.5, 0.6) is 0 Å². The van der Waals surface area contributed by atoms with Gasteiger partial charge in [-0.15, -0.1) is 0 Å². The Balaban J connectivity index is 1.86. The second-order valence-corrected chi connectivity index (χ2v) is 6.81. The Morgan fingerprint density at radius 3 is 1.91 bits per heavy atom. The molecule has 2 aromatic rings. The zero-order valence-electron chi connectivity index (χ0n) is 13.7. The minimum Gasteiger partial charge on any atom is -0.392 e. The van der Waals surface area contributed by atoms with Crippen LogP contribution in [-0.2, 0) is 0 Å². The first-order chi connectivity index (χ1) is 10.5. The SMILES string of the molecule is Cc1ccc([C@H]2C[C@@H](O)[C@H](C)[C@H](c3ccc(C)cc3)[NH2+]2)cc1. The largest absolute Gasteiger partial charge is 0.392 e. The minimum absolute atomic E-state index is 0.248. The molecule has 1 heterocycles. The summed E-state index contributed by atoms with van der Waals surface area (Å²) in [7, 11) is 0. The van der Waals surface area contributed by atoms with Crippen LogP contribution in [-0.4, -0.2) is 11.2 Å². The fraction of sp³-hybridized carbons (Fsp3) is 0.400. The summed E-state index contributed by atoms with van der Waals surface area (Å²) >= 11 is 0. The van der Waals surface area contributed by atoms with Gasteiger partial charge in [-0.2, -0.15) is 0 Å². The van der Waals surface area contributed by atoms with Gasteiger partial charge in [0.15, 0.2) is 0 Å². The topological polar surface area (TPSA) is 36.8 Å². The lowest BCUT2D eigenvalue weighted by atomic mass is 9.81. The molecule has 2 nitrogen and oxygen atoms in total. The van der Waals surface area contributed by atoms with Gasteiger partial charge in [0, 0.05) is 23.5 Å². The highest BCUT2D eigenvalue weighted by Crippen LogP contribution is 2.31. The van der Waals surface area contributed by atoms with E-state index < -0.39 is 0 Å². The van der Waals surface area contributed by atoms with Crippen LogP contribution in [0.2, 0.25) is 0 Å². The zero-order chi connectivity index (χ0) is 15.7. The van der Waals surface area contributed by atoms with E-state index in [1.807, 2.05) is 0 Å². The molecule has 3 rings (SSSR count). The molecule has 1 aliphatic rings. The van der Waals surface area contributed by atoms with Gasteiger partial charge in [0.2, 0.25) is 0 Å². The molecule has 0 spiro atoms. The number of hydrogen-bond donors (Lipinski definition) is 2. The summed E-state index contributed by atoms with van der Waals surface area (Å²) in [5.41, 5.74) is 5.19. The number of aliphatic hydroxyl groups is 1. The van der Waals surface area contributed by atoms with Crippen LogP contribution in [0.4, 0.5) is 0 Å². The maximum Gasteiger partial charge on any atom is 0.117 e. The number of nitrogens with two attached hydrogens (primary N) is 1. The summed E-state index contributed by atoms with van der Waals surface area (Å²) in [6, 6.07) is 18.1. The maximum absolute atomic E-state index is 10.5. The summed E-state index contributed by atoms with van der Waals surface area (Å²) in [6.45, 7) is 6.39. The number of aryl methyl sites for hydroxylation is 2. The minimum atomic E-state index is -0.248. The van der Waals surface area contributed by atoms with E-state index in [4.69, 9.17) is 0 Å². The molecule has 2 aromatic carbocycles. The van der Waals surface area contributed by atoms with Crippen LogP contribution in [0.3, 0.4) is 0 Å². The second-order valence-electron chi connectivity index (χ2n) is 6.81. The summed E-state index contributed by atoms with van der Waals surface area (Å²) in [5.74, 6) is 0.268. The molecule has 0 bridgehead atoms. The van der Waals surface area contributed by atoms with E-state index in [9.17, 15) is 5.11 Å². The Morgan fingerprint density at radius 1 is 0.864 bits per heavy atom. The third-order valence-electron chi connectivity index (χ3n) is 5.08. The van der Waals surface area contributed by atoms with Gasteiger partial charge in [-0.3, -0.25) is 0 Å². The van der Waals surface area contributed by atoms with Crippen molar-refractivity contribution in [2.75, 3.05) is 0 Å². The third-order valence-corrected chi connectivity index (χ3v) is 5.08. The van der Waals surface area contributed by atoms with Gasteiger partial charge in [-0.1, -0.05) is 66.6 Å². The number of aliphatic hydroxyl groups excluding tert-OH is 1. The molecule has 4 atom stereocenters. The molecule has 0 unspecified atom stereocenters. The van der Waals surface area contributed by atoms with E-state index in [2.05, 4.69) is 74.6 Å². The summed E-state index contributed by atoms with van der Waals surface area (Å²) in [6.07, 6.45) is 0.578. The van der Waals surface area contributed by atoms with Crippen molar-refractivity contribution in [2.24, 2.45) is 5.92 Å². The van der Waals surface area contributed by atoms with Crippen molar-refractivity contribution >= 4 is 0 Å². The Kier molecular flexibility index (Phi) is 4.32. The van der Waals surface area contributed by atoms with Crippen molar-refractivity contribution in [3.63, 3.8) is 0 Å². The third kappa shape index (κ3) is 3.08. The van der Waals surface area contributed by atoms with Gasteiger partial charge in [-0.25, -0.2) is 0 Å². The van der Waals surface area contributed by atoms with Crippen molar-refractivity contribution in [1.29, 1.82) is 0 Å². The molecule has 1 aliphatic heterocycles. The van der Waals surface area contributed by atoms with E-state index in [0.717, 1.165) is 6.42 Å². The molecule has 3 N–H and O–H groups in total. The molecule has 1 fully saturated rings. The highest BCUT2D eigenvalue weighted by atomic mass is 16.3. The molecular weight excluding hydrogens is 270 g/mol. The number of quaternary nitrogens is 1.